The molecule has 126 valence electrons. The van der Waals surface area contributed by atoms with Gasteiger partial charge in [0.15, 0.2) is 0 Å². The van der Waals surface area contributed by atoms with Crippen molar-refractivity contribution in [3.63, 3.8) is 0 Å². The van der Waals surface area contributed by atoms with E-state index in [4.69, 9.17) is 4.74 Å². The Hall–Kier alpha value is -1.20. The van der Waals surface area contributed by atoms with Crippen LogP contribution in [0, 0.1) is 6.92 Å². The molecule has 2 saturated heterocycles. The fraction of sp³-hybridized carbons (Fsp3) is 0.611. The van der Waals surface area contributed by atoms with Gasteiger partial charge in [0, 0.05) is 49.0 Å². The van der Waals surface area contributed by atoms with E-state index in [1.54, 1.807) is 0 Å². The average Bonchev–Trinajstić information content (AvgIpc) is 3.10. The summed E-state index contributed by atoms with van der Waals surface area (Å²) in [6, 6.07) is 6.00. The first-order valence-electron chi connectivity index (χ1n) is 8.57. The lowest BCUT2D eigenvalue weighted by Crippen LogP contribution is -2.37. The van der Waals surface area contributed by atoms with Gasteiger partial charge in [0.05, 0.1) is 6.10 Å². The van der Waals surface area contributed by atoms with Gasteiger partial charge in [-0.25, -0.2) is 0 Å². The first-order chi connectivity index (χ1) is 11.2. The fourth-order valence-electron chi connectivity index (χ4n) is 3.13. The van der Waals surface area contributed by atoms with Crippen LogP contribution in [0.25, 0.3) is 0 Å². The molecule has 1 N–H and O–H groups in total. The van der Waals surface area contributed by atoms with E-state index in [1.807, 2.05) is 34.9 Å². The predicted molar refractivity (Wildman–Crippen MR) is 96.5 cm³/mol. The Morgan fingerprint density at radius 1 is 1.39 bits per heavy atom. The maximum Gasteiger partial charge on any atom is 0.253 e. The Kier molecular flexibility index (Phi) is 5.84. The summed E-state index contributed by atoms with van der Waals surface area (Å²) >= 11 is 1.92. The SMILES string of the molecule is Cc1ccc(C(=O)N2CCSCC2)cc1NCC[C@H]1CCCO1. The largest absolute Gasteiger partial charge is 0.385 e. The lowest BCUT2D eigenvalue weighted by molar-refractivity contribution is 0.0772. The number of hydrogen-bond donors (Lipinski definition) is 1. The van der Waals surface area contributed by atoms with Gasteiger partial charge in [-0.3, -0.25) is 4.79 Å². The van der Waals surface area contributed by atoms with Crippen LogP contribution < -0.4 is 5.32 Å². The Morgan fingerprint density at radius 3 is 2.96 bits per heavy atom. The molecule has 0 unspecified atom stereocenters. The summed E-state index contributed by atoms with van der Waals surface area (Å²) in [5, 5.41) is 3.48. The van der Waals surface area contributed by atoms with Crippen molar-refractivity contribution in [1.29, 1.82) is 0 Å². The zero-order valence-corrected chi connectivity index (χ0v) is 14.7. The number of benzene rings is 1. The van der Waals surface area contributed by atoms with Crippen molar-refractivity contribution in [2.24, 2.45) is 0 Å². The number of aryl methyl sites for hydroxylation is 1. The van der Waals surface area contributed by atoms with Gasteiger partial charge in [0.1, 0.15) is 0 Å². The molecule has 23 heavy (non-hydrogen) atoms. The number of thioether (sulfide) groups is 1. The molecular formula is C18H26N2O2S. The molecular weight excluding hydrogens is 308 g/mol. The van der Waals surface area contributed by atoms with E-state index >= 15 is 0 Å². The lowest BCUT2D eigenvalue weighted by Gasteiger charge is -2.26. The highest BCUT2D eigenvalue weighted by molar-refractivity contribution is 7.99. The normalized spacial score (nSPS) is 21.4. The van der Waals surface area contributed by atoms with E-state index < -0.39 is 0 Å². The molecule has 3 rings (SSSR count). The Labute approximate surface area is 143 Å². The number of ether oxygens (including phenoxy) is 1. The third-order valence-electron chi connectivity index (χ3n) is 4.59. The molecule has 0 radical (unpaired) electrons. The van der Waals surface area contributed by atoms with Crippen LogP contribution in [0.4, 0.5) is 5.69 Å². The van der Waals surface area contributed by atoms with Gasteiger partial charge in [-0.1, -0.05) is 6.07 Å². The molecule has 1 aromatic carbocycles. The zero-order valence-electron chi connectivity index (χ0n) is 13.8. The number of amides is 1. The van der Waals surface area contributed by atoms with Crippen molar-refractivity contribution in [3.05, 3.63) is 29.3 Å². The van der Waals surface area contributed by atoms with E-state index in [0.29, 0.717) is 6.10 Å². The number of nitrogens with zero attached hydrogens (tertiary/aromatic N) is 1. The predicted octanol–water partition coefficient (Wildman–Crippen LogP) is 3.17. The molecule has 2 fully saturated rings. The summed E-state index contributed by atoms with van der Waals surface area (Å²) in [6.45, 7) is 5.60. The van der Waals surface area contributed by atoms with Crippen molar-refractivity contribution >= 4 is 23.4 Å². The molecule has 0 bridgehead atoms. The minimum absolute atomic E-state index is 0.160. The summed E-state index contributed by atoms with van der Waals surface area (Å²) in [7, 11) is 0. The number of rotatable bonds is 5. The van der Waals surface area contributed by atoms with Crippen molar-refractivity contribution in [3.8, 4) is 0 Å². The molecule has 2 aliphatic heterocycles. The van der Waals surface area contributed by atoms with Crippen molar-refractivity contribution in [2.45, 2.75) is 32.3 Å². The van der Waals surface area contributed by atoms with Gasteiger partial charge in [-0.05, 0) is 43.9 Å². The Bertz CT molecular complexity index is 538. The molecule has 0 aromatic heterocycles. The summed E-state index contributed by atoms with van der Waals surface area (Å²) < 4.78 is 5.66. The van der Waals surface area contributed by atoms with Crippen LogP contribution in [0.5, 0.6) is 0 Å². The van der Waals surface area contributed by atoms with Crippen LogP contribution in [0.15, 0.2) is 18.2 Å². The Balaban J connectivity index is 1.59. The minimum atomic E-state index is 0.160. The highest BCUT2D eigenvalue weighted by Crippen LogP contribution is 2.21. The van der Waals surface area contributed by atoms with Gasteiger partial charge >= 0.3 is 0 Å². The van der Waals surface area contributed by atoms with Crippen LogP contribution in [-0.2, 0) is 4.74 Å². The van der Waals surface area contributed by atoms with Gasteiger partial charge < -0.3 is 15.0 Å². The van der Waals surface area contributed by atoms with Gasteiger partial charge in [-0.2, -0.15) is 11.8 Å². The number of nitrogens with one attached hydrogen (secondary N) is 1. The summed E-state index contributed by atoms with van der Waals surface area (Å²) in [6.07, 6.45) is 3.79. The van der Waals surface area contributed by atoms with E-state index in [1.165, 1.54) is 18.4 Å². The van der Waals surface area contributed by atoms with Crippen LogP contribution in [0.3, 0.4) is 0 Å². The third-order valence-corrected chi connectivity index (χ3v) is 5.53. The number of carbonyl (C=O) groups excluding carboxylic acids is 1. The average molecular weight is 334 g/mol. The third kappa shape index (κ3) is 4.42. The number of carbonyl (C=O) groups is 1. The molecule has 5 heteroatoms. The van der Waals surface area contributed by atoms with Gasteiger partial charge in [-0.15, -0.1) is 0 Å². The van der Waals surface area contributed by atoms with E-state index in [0.717, 1.165) is 55.4 Å². The summed E-state index contributed by atoms with van der Waals surface area (Å²) in [5.74, 6) is 2.25. The molecule has 1 atom stereocenters. The van der Waals surface area contributed by atoms with Crippen LogP contribution in [0.1, 0.15) is 35.2 Å². The maximum atomic E-state index is 12.6. The van der Waals surface area contributed by atoms with Crippen molar-refractivity contribution in [1.82, 2.24) is 4.90 Å². The summed E-state index contributed by atoms with van der Waals surface area (Å²) in [4.78, 5) is 14.6. The number of anilines is 1. The molecule has 2 aliphatic rings. The molecule has 0 aliphatic carbocycles. The van der Waals surface area contributed by atoms with Gasteiger partial charge in [0.25, 0.3) is 5.91 Å². The quantitative estimate of drug-likeness (QED) is 0.898. The zero-order chi connectivity index (χ0) is 16.1. The topological polar surface area (TPSA) is 41.6 Å². The minimum Gasteiger partial charge on any atom is -0.385 e. The van der Waals surface area contributed by atoms with Crippen LogP contribution >= 0.6 is 11.8 Å². The summed E-state index contributed by atoms with van der Waals surface area (Å²) in [5.41, 5.74) is 3.05. The fourth-order valence-corrected chi connectivity index (χ4v) is 4.04. The smallest absolute Gasteiger partial charge is 0.253 e. The first-order valence-corrected chi connectivity index (χ1v) is 9.72. The molecule has 0 spiro atoms. The van der Waals surface area contributed by atoms with Crippen LogP contribution in [0.2, 0.25) is 0 Å². The first kappa shape index (κ1) is 16.7. The Morgan fingerprint density at radius 2 is 2.22 bits per heavy atom. The molecule has 1 aromatic rings. The van der Waals surface area contributed by atoms with Crippen molar-refractivity contribution in [2.75, 3.05) is 43.1 Å². The van der Waals surface area contributed by atoms with E-state index in [-0.39, 0.29) is 5.91 Å². The molecule has 2 heterocycles. The van der Waals surface area contributed by atoms with Gasteiger partial charge in [0.2, 0.25) is 0 Å². The van der Waals surface area contributed by atoms with E-state index in [2.05, 4.69) is 12.2 Å². The number of hydrogen-bond acceptors (Lipinski definition) is 4. The maximum absolute atomic E-state index is 12.6. The second kappa shape index (κ2) is 8.06. The highest BCUT2D eigenvalue weighted by Gasteiger charge is 2.19. The molecule has 1 amide bonds. The monoisotopic (exact) mass is 334 g/mol. The van der Waals surface area contributed by atoms with Crippen LogP contribution in [-0.4, -0.2) is 54.7 Å². The lowest BCUT2D eigenvalue weighted by atomic mass is 10.1. The standard InChI is InChI=1S/C18H26N2O2S/c1-14-4-5-15(18(21)20-8-11-23-12-9-20)13-17(14)19-7-6-16-3-2-10-22-16/h4-5,13,16,19H,2-3,6-12H2,1H3/t16-/m1/s1. The van der Waals surface area contributed by atoms with Crippen molar-refractivity contribution < 1.29 is 9.53 Å². The second-order valence-electron chi connectivity index (χ2n) is 6.28. The van der Waals surface area contributed by atoms with E-state index in [9.17, 15) is 4.79 Å². The highest BCUT2D eigenvalue weighted by atomic mass is 32.2. The molecule has 4 nitrogen and oxygen atoms in total. The second-order valence-corrected chi connectivity index (χ2v) is 7.51. The molecule has 0 saturated carbocycles.